The van der Waals surface area contributed by atoms with E-state index in [-0.39, 0.29) is 109 Å². The first kappa shape index (κ1) is 95.0. The molecule has 12 rings (SSSR count). The first-order chi connectivity index (χ1) is 58.3. The van der Waals surface area contributed by atoms with Crippen LogP contribution in [-0.4, -0.2) is 105 Å². The van der Waals surface area contributed by atoms with E-state index in [1.54, 1.807) is 153 Å². The summed E-state index contributed by atoms with van der Waals surface area (Å²) >= 11 is 0. The Balaban J connectivity index is 0.000000223. The molecule has 9 N–H and O–H groups in total. The van der Waals surface area contributed by atoms with E-state index in [4.69, 9.17) is 9.84 Å². The van der Waals surface area contributed by atoms with Gasteiger partial charge in [-0.2, -0.15) is 40.9 Å². The van der Waals surface area contributed by atoms with Crippen molar-refractivity contribution in [3.05, 3.63) is 260 Å². The molecule has 2 radical (unpaired) electrons. The van der Waals surface area contributed by atoms with Gasteiger partial charge in [-0.25, -0.2) is 0 Å². The fraction of sp³-hybridized carbons (Fsp3) is 0.200. The number of aromatic hydroxyl groups is 8. The monoisotopic (exact) mass is 1730 g/mol. The third kappa shape index (κ3) is 28.5. The van der Waals surface area contributed by atoms with Crippen molar-refractivity contribution in [3.8, 4) is 51.7 Å². The van der Waals surface area contributed by atoms with Gasteiger partial charge in [0.2, 0.25) is 0 Å². The van der Waals surface area contributed by atoms with Gasteiger partial charge in [0.25, 0.3) is 0 Å². The number of anilines is 4. The van der Waals surface area contributed by atoms with E-state index in [2.05, 4.69) is 143 Å². The minimum atomic E-state index is -0.0609. The molecule has 0 saturated carbocycles. The predicted octanol–water partition coefficient (Wildman–Crippen LogP) is 26.6. The molecule has 0 unspecified atom stereocenters. The average Bonchev–Trinajstić information content (AvgIpc) is 0.850. The summed E-state index contributed by atoms with van der Waals surface area (Å²) in [6, 6.07) is 72.4. The summed E-state index contributed by atoms with van der Waals surface area (Å²) in [5, 5.41) is 156. The normalized spacial score (nSPS) is 11.2. The van der Waals surface area contributed by atoms with Crippen LogP contribution in [0.5, 0.6) is 51.7 Å². The number of aliphatic hydroxyl groups is 1. The predicted molar refractivity (Wildman–Crippen MR) is 471 cm³/mol. The number of rotatable bonds is 30. The number of nitrogens with zero attached hydrogens (tertiary/aromatic N) is 20. The number of phenols is 8. The Morgan fingerprint density at radius 2 is 0.434 bits per heavy atom. The number of azo groups is 8. The van der Waals surface area contributed by atoms with Gasteiger partial charge in [0.05, 0.1) is 59.2 Å². The molecule has 0 saturated heterocycles. The molecule has 634 valence electrons. The van der Waals surface area contributed by atoms with E-state index in [1.165, 1.54) is 24.3 Å². The van der Waals surface area contributed by atoms with Gasteiger partial charge in [0, 0.05) is 133 Å². The zero-order chi connectivity index (χ0) is 85.7. The maximum absolute atomic E-state index is 10.3. The van der Waals surface area contributed by atoms with Crippen LogP contribution < -0.4 is 24.3 Å². The third-order valence-electron chi connectivity index (χ3n) is 18.1. The van der Waals surface area contributed by atoms with E-state index in [0.717, 1.165) is 97.8 Å². The Hall–Kier alpha value is -14.2. The molecule has 30 nitrogen and oxygen atoms in total. The average molecular weight is 1740 g/mol. The van der Waals surface area contributed by atoms with Crippen LogP contribution in [0.1, 0.15) is 61.0 Å². The number of methoxy groups -OCH3 is 1. The van der Waals surface area contributed by atoms with E-state index in [9.17, 15) is 40.9 Å². The second kappa shape index (κ2) is 49.3. The summed E-state index contributed by atoms with van der Waals surface area (Å²) in [7, 11) is 1.60. The van der Waals surface area contributed by atoms with Crippen LogP contribution in [0, 0.1) is 0 Å². The summed E-state index contributed by atoms with van der Waals surface area (Å²) in [6.45, 7) is 23.1. The first-order valence-electron chi connectivity index (χ1n) is 38.7. The van der Waals surface area contributed by atoms with Crippen molar-refractivity contribution in [2.45, 2.75) is 62.0 Å². The molecule has 12 aromatic carbocycles. The molecule has 0 bridgehead atoms. The number of ether oxygens (including phenoxy) is 1. The first-order valence-corrected chi connectivity index (χ1v) is 38.7. The van der Waals surface area contributed by atoms with Crippen molar-refractivity contribution >= 4 is 114 Å². The number of phenolic OH excluding ortho intramolecular Hbond substituents is 8. The molecule has 0 spiro atoms. The number of benzene rings is 12. The molecule has 122 heavy (non-hydrogen) atoms. The molecular formula is C90H96Co2N20O10. The van der Waals surface area contributed by atoms with Gasteiger partial charge in [-0.3, -0.25) is 0 Å². The van der Waals surface area contributed by atoms with Crippen LogP contribution in [-0.2, 0) is 40.2 Å². The Bertz CT molecular complexity index is 5220. The van der Waals surface area contributed by atoms with Gasteiger partial charge < -0.3 is 70.3 Å². The van der Waals surface area contributed by atoms with Crippen LogP contribution in [0.25, 0.3) is 0 Å². The van der Waals surface area contributed by atoms with Gasteiger partial charge in [0.1, 0.15) is 97.2 Å². The van der Waals surface area contributed by atoms with E-state index in [1.807, 2.05) is 98.8 Å². The number of hydrogen-bond donors (Lipinski definition) is 9. The Morgan fingerprint density at radius 3 is 0.656 bits per heavy atom. The number of aliphatic hydroxyl groups excluding tert-OH is 1. The topological polar surface area (TPSA) is 402 Å². The molecule has 0 aliphatic heterocycles. The van der Waals surface area contributed by atoms with Crippen molar-refractivity contribution in [2.24, 2.45) is 81.8 Å². The number of hydrogen-bond acceptors (Lipinski definition) is 30. The molecule has 32 heteroatoms. The van der Waals surface area contributed by atoms with Crippen molar-refractivity contribution < 1.29 is 84.3 Å². The molecule has 12 aromatic rings. The van der Waals surface area contributed by atoms with Crippen molar-refractivity contribution in [1.29, 1.82) is 0 Å². The van der Waals surface area contributed by atoms with Gasteiger partial charge >= 0.3 is 0 Å². The quantitative estimate of drug-likeness (QED) is 0.0189. The van der Waals surface area contributed by atoms with Gasteiger partial charge in [0.15, 0.2) is 0 Å². The Kier molecular flexibility index (Phi) is 38.3. The fourth-order valence-corrected chi connectivity index (χ4v) is 11.3. The maximum Gasteiger partial charge on any atom is 0.145 e. The summed E-state index contributed by atoms with van der Waals surface area (Å²) in [5.74, 6) is 0.631. The minimum Gasteiger partial charge on any atom is -0.506 e. The largest absolute Gasteiger partial charge is 0.506 e. The van der Waals surface area contributed by atoms with Gasteiger partial charge in [-0.15, -0.1) is 40.9 Å². The summed E-state index contributed by atoms with van der Waals surface area (Å²) < 4.78 is 5.12. The molecule has 0 amide bonds. The second-order valence-electron chi connectivity index (χ2n) is 25.9. The molecule has 0 fully saturated rings. The second-order valence-corrected chi connectivity index (χ2v) is 25.9. The Labute approximate surface area is 728 Å². The third-order valence-corrected chi connectivity index (χ3v) is 18.1. The fourth-order valence-electron chi connectivity index (χ4n) is 11.3. The SMILES string of the molecule is CCN(CC)c1ccc(N=Nc2cc(N=Nc3ccc(CO)cc3)ccc2O)c(O)c1.CCN(CC)c1ccc(N=Nc2cc(N=Nc3ccc(OC)cc3)ccc2O)c(O)c1.CCN(CC)c1ccc(N=Nc2cc(N=Nc3ccccc3)ccc2O)c(O)c1.CCN(CC)c1ccc(N=Nc2cc(N=Nc3ccccc3)ccc2O)c(O)c1.[Co].[Co]. The van der Waals surface area contributed by atoms with Crippen LogP contribution in [0.4, 0.5) is 114 Å². The zero-order valence-corrected chi connectivity index (χ0v) is 70.7. The van der Waals surface area contributed by atoms with Crippen LogP contribution in [0.2, 0.25) is 0 Å². The zero-order valence-electron chi connectivity index (χ0n) is 68.7. The van der Waals surface area contributed by atoms with E-state index in [0.29, 0.717) is 56.9 Å². The van der Waals surface area contributed by atoms with Gasteiger partial charge in [-0.05, 0) is 243 Å². The minimum absolute atomic E-state index is 0. The molecule has 0 aliphatic carbocycles. The van der Waals surface area contributed by atoms with Crippen molar-refractivity contribution in [1.82, 2.24) is 0 Å². The molecule has 0 aliphatic rings. The molecule has 0 atom stereocenters. The Morgan fingerprint density at radius 1 is 0.221 bits per heavy atom. The summed E-state index contributed by atoms with van der Waals surface area (Å²) in [5.41, 5.74) is 11.4. The van der Waals surface area contributed by atoms with Gasteiger partial charge in [-0.1, -0.05) is 48.5 Å². The standard InChI is InChI=1S/2C23H25N5O3.2C22H23N5O2.2Co/c1-4-28(5-2)18-9-12-20(23(30)15-18)26-27-21-14-17(8-13-22(21)29)25-24-16-6-10-19(31-3)11-7-16;1-3-28(4-2)19-10-11-20(23(31)14-19)26-27-21-13-18(9-12-22(21)30)25-24-17-7-5-16(15-29)6-8-17;2*1-3-27(4-2)18-11-12-19(22(29)15-18)25-26-20-14-17(10-13-21(20)28)24-23-16-8-6-5-7-9-16;;/h6-15,29-30H,4-5H2,1-3H3;5-14,29-31H,3-4,15H2,1-2H3;2*5-15,28-29H,3-4H2,1-2H3;;. The summed E-state index contributed by atoms with van der Waals surface area (Å²) in [6.07, 6.45) is 0. The van der Waals surface area contributed by atoms with E-state index >= 15 is 0 Å². The van der Waals surface area contributed by atoms with Crippen LogP contribution in [0.15, 0.2) is 337 Å². The van der Waals surface area contributed by atoms with Crippen LogP contribution >= 0.6 is 0 Å². The molecule has 0 heterocycles. The van der Waals surface area contributed by atoms with E-state index < -0.39 is 0 Å². The van der Waals surface area contributed by atoms with Crippen molar-refractivity contribution in [2.75, 3.05) is 79.1 Å². The van der Waals surface area contributed by atoms with Crippen molar-refractivity contribution in [3.63, 3.8) is 0 Å². The van der Waals surface area contributed by atoms with Crippen LogP contribution in [0.3, 0.4) is 0 Å². The summed E-state index contributed by atoms with van der Waals surface area (Å²) in [4.78, 5) is 8.46. The molecule has 0 aromatic heterocycles. The smallest absolute Gasteiger partial charge is 0.145 e. The maximum atomic E-state index is 10.3. The molecular weight excluding hydrogens is 1640 g/mol.